The van der Waals surface area contributed by atoms with Crippen LogP contribution in [-0.4, -0.2) is 29.5 Å². The average molecular weight is 207 g/mol. The minimum absolute atomic E-state index is 0.182. The third-order valence-corrected chi connectivity index (χ3v) is 1.88. The van der Waals surface area contributed by atoms with Gasteiger partial charge in [-0.15, -0.1) is 0 Å². The Bertz CT molecular complexity index is 152. The lowest BCUT2D eigenvalue weighted by Crippen LogP contribution is -2.17. The van der Waals surface area contributed by atoms with Crippen LogP contribution in [0, 0.1) is 5.92 Å². The molecule has 0 aromatic rings. The van der Waals surface area contributed by atoms with Crippen molar-refractivity contribution in [2.24, 2.45) is 11.1 Å². The Labute approximate surface area is 83.0 Å². The Balaban J connectivity index is 3.45. The van der Waals surface area contributed by atoms with Gasteiger partial charge in [0.25, 0.3) is 0 Å². The van der Waals surface area contributed by atoms with E-state index in [0.717, 1.165) is 11.9 Å². The molecule has 78 valence electrons. The van der Waals surface area contributed by atoms with Crippen LogP contribution in [0.1, 0.15) is 20.3 Å². The zero-order chi connectivity index (χ0) is 10.3. The standard InChI is InChI=1S/C8H17NO3S/c1-6(3-7(2)10)4-12-8(11)5-13-9/h6-7,10H,3-5,9H2,1-2H3. The molecule has 2 unspecified atom stereocenters. The van der Waals surface area contributed by atoms with E-state index < -0.39 is 0 Å². The number of nitrogens with two attached hydrogens (primary N) is 1. The summed E-state index contributed by atoms with van der Waals surface area (Å²) in [5.41, 5.74) is 0. The maximum absolute atomic E-state index is 10.8. The van der Waals surface area contributed by atoms with Crippen LogP contribution in [-0.2, 0) is 9.53 Å². The summed E-state index contributed by atoms with van der Waals surface area (Å²) in [6, 6.07) is 0. The van der Waals surface area contributed by atoms with Crippen molar-refractivity contribution in [1.29, 1.82) is 0 Å². The van der Waals surface area contributed by atoms with Crippen LogP contribution in [0.15, 0.2) is 0 Å². The maximum Gasteiger partial charge on any atom is 0.317 e. The number of carbonyl (C=O) groups is 1. The fraction of sp³-hybridized carbons (Fsp3) is 0.875. The zero-order valence-corrected chi connectivity index (χ0v) is 8.84. The molecule has 4 nitrogen and oxygen atoms in total. The lowest BCUT2D eigenvalue weighted by atomic mass is 10.1. The third-order valence-electron chi connectivity index (χ3n) is 1.47. The molecule has 5 heteroatoms. The number of rotatable bonds is 6. The molecular weight excluding hydrogens is 190 g/mol. The molecule has 2 atom stereocenters. The van der Waals surface area contributed by atoms with Gasteiger partial charge in [0.05, 0.1) is 12.7 Å². The fourth-order valence-corrected chi connectivity index (χ4v) is 1.21. The van der Waals surface area contributed by atoms with E-state index in [1.54, 1.807) is 6.92 Å². The molecule has 3 N–H and O–H groups in total. The summed E-state index contributed by atoms with van der Waals surface area (Å²) in [4.78, 5) is 10.8. The Morgan fingerprint density at radius 3 is 2.69 bits per heavy atom. The first-order valence-electron chi connectivity index (χ1n) is 4.21. The monoisotopic (exact) mass is 207 g/mol. The minimum Gasteiger partial charge on any atom is -0.465 e. The van der Waals surface area contributed by atoms with Gasteiger partial charge >= 0.3 is 5.97 Å². The van der Waals surface area contributed by atoms with Gasteiger partial charge in [0, 0.05) is 0 Å². The van der Waals surface area contributed by atoms with E-state index in [9.17, 15) is 4.79 Å². The van der Waals surface area contributed by atoms with E-state index in [4.69, 9.17) is 15.0 Å². The topological polar surface area (TPSA) is 72.5 Å². The van der Waals surface area contributed by atoms with Gasteiger partial charge in [0.1, 0.15) is 5.75 Å². The molecule has 0 fully saturated rings. The normalized spacial score (nSPS) is 15.1. The number of carbonyl (C=O) groups excluding carboxylic acids is 1. The summed E-state index contributed by atoms with van der Waals surface area (Å²) in [6.07, 6.45) is 0.292. The van der Waals surface area contributed by atoms with Gasteiger partial charge in [0.2, 0.25) is 0 Å². The number of esters is 1. The van der Waals surface area contributed by atoms with Gasteiger partial charge in [-0.05, 0) is 19.3 Å². The lowest BCUT2D eigenvalue weighted by molar-refractivity contribution is -0.141. The molecule has 0 aliphatic rings. The first-order valence-corrected chi connectivity index (χ1v) is 5.26. The number of ether oxygens (including phenoxy) is 1. The van der Waals surface area contributed by atoms with Gasteiger partial charge in [-0.25, -0.2) is 0 Å². The average Bonchev–Trinajstić information content (AvgIpc) is 2.00. The molecule has 0 amide bonds. The number of hydrogen-bond acceptors (Lipinski definition) is 5. The van der Waals surface area contributed by atoms with Crippen molar-refractivity contribution in [2.75, 3.05) is 12.4 Å². The highest BCUT2D eigenvalue weighted by Crippen LogP contribution is 2.06. The molecule has 0 saturated carbocycles. The summed E-state index contributed by atoms with van der Waals surface area (Å²) >= 11 is 0.951. The summed E-state index contributed by atoms with van der Waals surface area (Å²) in [6.45, 7) is 3.99. The predicted octanol–water partition coefficient (Wildman–Crippen LogP) is 0.543. The molecule has 0 radical (unpaired) electrons. The van der Waals surface area contributed by atoms with Crippen LogP contribution in [0.2, 0.25) is 0 Å². The SMILES string of the molecule is CC(O)CC(C)COC(=O)CSN. The fourth-order valence-electron chi connectivity index (χ4n) is 0.995. The molecule has 0 aromatic heterocycles. The Morgan fingerprint density at radius 1 is 1.62 bits per heavy atom. The van der Waals surface area contributed by atoms with Gasteiger partial charge in [-0.2, -0.15) is 0 Å². The predicted molar refractivity (Wildman–Crippen MR) is 53.1 cm³/mol. The minimum atomic E-state index is -0.349. The number of aliphatic hydroxyl groups is 1. The number of aliphatic hydroxyl groups excluding tert-OH is 1. The van der Waals surface area contributed by atoms with Gasteiger partial charge in [-0.3, -0.25) is 9.93 Å². The molecule has 13 heavy (non-hydrogen) atoms. The highest BCUT2D eigenvalue weighted by Gasteiger charge is 2.09. The first-order chi connectivity index (χ1) is 6.06. The smallest absolute Gasteiger partial charge is 0.317 e. The highest BCUT2D eigenvalue weighted by molar-refractivity contribution is 7.97. The van der Waals surface area contributed by atoms with Crippen molar-refractivity contribution in [3.8, 4) is 0 Å². The van der Waals surface area contributed by atoms with E-state index >= 15 is 0 Å². The molecule has 0 aliphatic heterocycles. The van der Waals surface area contributed by atoms with Gasteiger partial charge < -0.3 is 9.84 Å². The maximum atomic E-state index is 10.8. The van der Waals surface area contributed by atoms with Crippen molar-refractivity contribution in [3.05, 3.63) is 0 Å². The first kappa shape index (κ1) is 12.7. The summed E-state index contributed by atoms with van der Waals surface area (Å²) in [5.74, 6) is 0.0677. The van der Waals surface area contributed by atoms with Crippen molar-refractivity contribution >= 4 is 17.9 Å². The van der Waals surface area contributed by atoms with E-state index in [2.05, 4.69) is 0 Å². The van der Waals surface area contributed by atoms with Crippen molar-refractivity contribution < 1.29 is 14.6 Å². The van der Waals surface area contributed by atoms with E-state index in [1.807, 2.05) is 6.92 Å². The Morgan fingerprint density at radius 2 is 2.23 bits per heavy atom. The van der Waals surface area contributed by atoms with Crippen LogP contribution in [0.25, 0.3) is 0 Å². The second-order valence-corrected chi connectivity index (χ2v) is 3.81. The number of hydrogen-bond donors (Lipinski definition) is 2. The molecule has 0 saturated heterocycles. The van der Waals surface area contributed by atoms with Crippen LogP contribution in [0.4, 0.5) is 0 Å². The molecule has 0 spiro atoms. The molecule has 0 bridgehead atoms. The van der Waals surface area contributed by atoms with Gasteiger partial charge in [0.15, 0.2) is 0 Å². The lowest BCUT2D eigenvalue weighted by Gasteiger charge is -2.13. The molecule has 0 heterocycles. The summed E-state index contributed by atoms with van der Waals surface area (Å²) < 4.78 is 4.89. The van der Waals surface area contributed by atoms with Crippen LogP contribution >= 0.6 is 11.9 Å². The highest BCUT2D eigenvalue weighted by atomic mass is 32.2. The second-order valence-electron chi connectivity index (χ2n) is 3.18. The summed E-state index contributed by atoms with van der Waals surface area (Å²) in [7, 11) is 0. The largest absolute Gasteiger partial charge is 0.465 e. The Kier molecular flexibility index (Phi) is 7.03. The zero-order valence-electron chi connectivity index (χ0n) is 8.03. The second kappa shape index (κ2) is 7.17. The van der Waals surface area contributed by atoms with E-state index in [0.29, 0.717) is 13.0 Å². The van der Waals surface area contributed by atoms with E-state index in [1.165, 1.54) is 0 Å². The third kappa shape index (κ3) is 8.08. The van der Waals surface area contributed by atoms with E-state index in [-0.39, 0.29) is 23.7 Å². The molecular formula is C8H17NO3S. The summed E-state index contributed by atoms with van der Waals surface area (Å²) in [5, 5.41) is 14.1. The van der Waals surface area contributed by atoms with Crippen molar-refractivity contribution in [2.45, 2.75) is 26.4 Å². The molecule has 0 aromatic carbocycles. The van der Waals surface area contributed by atoms with Crippen LogP contribution in [0.5, 0.6) is 0 Å². The van der Waals surface area contributed by atoms with Crippen molar-refractivity contribution in [1.82, 2.24) is 0 Å². The van der Waals surface area contributed by atoms with Crippen LogP contribution in [0.3, 0.4) is 0 Å². The van der Waals surface area contributed by atoms with Gasteiger partial charge in [-0.1, -0.05) is 18.9 Å². The van der Waals surface area contributed by atoms with Crippen LogP contribution < -0.4 is 5.14 Å². The van der Waals surface area contributed by atoms with Crippen molar-refractivity contribution in [3.63, 3.8) is 0 Å². The quantitative estimate of drug-likeness (QED) is 0.491. The molecule has 0 aliphatic carbocycles. The molecule has 0 rings (SSSR count). The Hall–Kier alpha value is -0.260.